The average Bonchev–Trinajstić information content (AvgIpc) is 2.75. The van der Waals surface area contributed by atoms with Gasteiger partial charge in [-0.1, -0.05) is 27.7 Å². The number of rotatable bonds is 9. The van der Waals surface area contributed by atoms with E-state index < -0.39 is 0 Å². The van der Waals surface area contributed by atoms with E-state index in [-0.39, 0.29) is 0 Å². The second kappa shape index (κ2) is 8.48. The number of hydrogen-bond donors (Lipinski definition) is 1. The van der Waals surface area contributed by atoms with E-state index in [0.29, 0.717) is 12.0 Å². The minimum absolute atomic E-state index is 0.622. The average molecular weight is 280 g/mol. The highest BCUT2D eigenvalue weighted by atomic mass is 16.3. The molecule has 0 bridgehead atoms. The molecule has 0 saturated carbocycles. The van der Waals surface area contributed by atoms with Gasteiger partial charge in [0.25, 0.3) is 0 Å². The molecule has 1 unspecified atom stereocenters. The number of aryl methyl sites for hydroxylation is 1. The van der Waals surface area contributed by atoms with E-state index in [9.17, 15) is 0 Å². The van der Waals surface area contributed by atoms with E-state index in [1.807, 2.05) is 0 Å². The Morgan fingerprint density at radius 1 is 1.25 bits per heavy atom. The van der Waals surface area contributed by atoms with Crippen molar-refractivity contribution in [3.63, 3.8) is 0 Å². The van der Waals surface area contributed by atoms with Gasteiger partial charge in [-0.05, 0) is 45.3 Å². The Labute approximate surface area is 124 Å². The minimum Gasteiger partial charge on any atom is -0.465 e. The lowest BCUT2D eigenvalue weighted by Gasteiger charge is -2.26. The summed E-state index contributed by atoms with van der Waals surface area (Å²) in [4.78, 5) is 2.50. The van der Waals surface area contributed by atoms with Crippen LogP contribution in [-0.2, 0) is 13.1 Å². The second-order valence-electron chi connectivity index (χ2n) is 6.14. The molecule has 0 aliphatic heterocycles. The number of hydrogen-bond acceptors (Lipinski definition) is 3. The molecule has 20 heavy (non-hydrogen) atoms. The molecule has 116 valence electrons. The van der Waals surface area contributed by atoms with Crippen LogP contribution in [0.5, 0.6) is 0 Å². The normalized spacial score (nSPS) is 13.4. The zero-order chi connectivity index (χ0) is 15.1. The summed E-state index contributed by atoms with van der Waals surface area (Å²) < 4.78 is 5.87. The molecule has 1 N–H and O–H groups in total. The largest absolute Gasteiger partial charge is 0.465 e. The van der Waals surface area contributed by atoms with Crippen molar-refractivity contribution in [1.29, 1.82) is 0 Å². The molecule has 0 aliphatic carbocycles. The Morgan fingerprint density at radius 3 is 2.50 bits per heavy atom. The van der Waals surface area contributed by atoms with Crippen LogP contribution in [0.3, 0.4) is 0 Å². The molecule has 1 aromatic rings. The van der Waals surface area contributed by atoms with Crippen molar-refractivity contribution in [2.45, 2.75) is 67.1 Å². The first-order chi connectivity index (χ1) is 9.47. The van der Waals surface area contributed by atoms with Crippen molar-refractivity contribution >= 4 is 0 Å². The smallest absolute Gasteiger partial charge is 0.118 e. The molecule has 0 aliphatic rings. The predicted octanol–water partition coefficient (Wildman–Crippen LogP) is 3.95. The molecule has 0 aromatic carbocycles. The number of nitrogens with zero attached hydrogens (tertiary/aromatic N) is 1. The van der Waals surface area contributed by atoms with Crippen LogP contribution >= 0.6 is 0 Å². The van der Waals surface area contributed by atoms with Gasteiger partial charge in [-0.3, -0.25) is 4.90 Å². The Bertz CT molecular complexity index is 384. The van der Waals surface area contributed by atoms with Crippen LogP contribution in [0.25, 0.3) is 0 Å². The van der Waals surface area contributed by atoms with Gasteiger partial charge in [0.15, 0.2) is 0 Å². The molecule has 0 saturated heterocycles. The summed E-state index contributed by atoms with van der Waals surface area (Å²) in [5.41, 5.74) is 1.33. The van der Waals surface area contributed by atoms with Crippen LogP contribution in [0.1, 0.15) is 58.1 Å². The fraction of sp³-hybridized carbons (Fsp3) is 0.765. The van der Waals surface area contributed by atoms with E-state index in [1.54, 1.807) is 0 Å². The van der Waals surface area contributed by atoms with Crippen LogP contribution in [0, 0.1) is 12.8 Å². The summed E-state index contributed by atoms with van der Waals surface area (Å²) in [6, 6.07) is 2.84. The first kappa shape index (κ1) is 17.3. The molecule has 0 spiro atoms. The van der Waals surface area contributed by atoms with Gasteiger partial charge < -0.3 is 9.73 Å². The van der Waals surface area contributed by atoms with Gasteiger partial charge >= 0.3 is 0 Å². The van der Waals surface area contributed by atoms with Gasteiger partial charge in [0, 0.05) is 18.2 Å². The highest BCUT2D eigenvalue weighted by Crippen LogP contribution is 2.18. The van der Waals surface area contributed by atoms with Crippen LogP contribution < -0.4 is 5.32 Å². The molecule has 1 rings (SSSR count). The van der Waals surface area contributed by atoms with E-state index >= 15 is 0 Å². The van der Waals surface area contributed by atoms with Crippen LogP contribution in [-0.4, -0.2) is 24.0 Å². The first-order valence-corrected chi connectivity index (χ1v) is 8.00. The molecule has 1 atom stereocenters. The molecule has 1 heterocycles. The van der Waals surface area contributed by atoms with Gasteiger partial charge in [0.2, 0.25) is 0 Å². The zero-order valence-electron chi connectivity index (χ0n) is 14.1. The van der Waals surface area contributed by atoms with Crippen LogP contribution in [0.2, 0.25) is 0 Å². The van der Waals surface area contributed by atoms with Gasteiger partial charge in [-0.15, -0.1) is 0 Å². The van der Waals surface area contributed by atoms with Gasteiger partial charge in [0.05, 0.1) is 6.54 Å². The summed E-state index contributed by atoms with van der Waals surface area (Å²) in [6.07, 6.45) is 1.19. The van der Waals surface area contributed by atoms with Gasteiger partial charge in [0.1, 0.15) is 11.5 Å². The third kappa shape index (κ3) is 5.29. The van der Waals surface area contributed by atoms with Crippen LogP contribution in [0.15, 0.2) is 10.5 Å². The summed E-state index contributed by atoms with van der Waals surface area (Å²) in [7, 11) is 0. The van der Waals surface area contributed by atoms with Crippen molar-refractivity contribution in [1.82, 2.24) is 10.2 Å². The molecule has 1 aromatic heterocycles. The van der Waals surface area contributed by atoms with Crippen molar-refractivity contribution in [2.75, 3.05) is 13.1 Å². The maximum atomic E-state index is 5.87. The highest BCUT2D eigenvalue weighted by Gasteiger charge is 2.14. The molecule has 0 fully saturated rings. The maximum Gasteiger partial charge on any atom is 0.118 e. The predicted molar refractivity (Wildman–Crippen MR) is 85.8 cm³/mol. The lowest BCUT2D eigenvalue weighted by Crippen LogP contribution is -2.31. The monoisotopic (exact) mass is 280 g/mol. The quantitative estimate of drug-likeness (QED) is 0.742. The summed E-state index contributed by atoms with van der Waals surface area (Å²) in [6.45, 7) is 17.2. The number of furan rings is 1. The molecule has 3 nitrogen and oxygen atoms in total. The lowest BCUT2D eigenvalue weighted by molar-refractivity contribution is 0.205. The summed E-state index contributed by atoms with van der Waals surface area (Å²) >= 11 is 0. The Kier molecular flexibility index (Phi) is 7.31. The zero-order valence-corrected chi connectivity index (χ0v) is 14.1. The summed E-state index contributed by atoms with van der Waals surface area (Å²) in [5, 5.41) is 3.44. The van der Waals surface area contributed by atoms with Gasteiger partial charge in [-0.25, -0.2) is 0 Å². The molecule has 0 radical (unpaired) electrons. The molecule has 3 heteroatoms. The third-order valence-corrected chi connectivity index (χ3v) is 3.92. The van der Waals surface area contributed by atoms with E-state index in [2.05, 4.69) is 57.8 Å². The third-order valence-electron chi connectivity index (χ3n) is 3.92. The van der Waals surface area contributed by atoms with Crippen molar-refractivity contribution in [3.05, 3.63) is 23.2 Å². The molecular weight excluding hydrogens is 248 g/mol. The number of nitrogens with one attached hydrogen (secondary N) is 1. The topological polar surface area (TPSA) is 28.4 Å². The van der Waals surface area contributed by atoms with Crippen molar-refractivity contribution in [3.8, 4) is 0 Å². The van der Waals surface area contributed by atoms with E-state index in [4.69, 9.17) is 4.42 Å². The maximum absolute atomic E-state index is 5.87. The fourth-order valence-electron chi connectivity index (χ4n) is 2.37. The fourth-order valence-corrected chi connectivity index (χ4v) is 2.37. The second-order valence-corrected chi connectivity index (χ2v) is 6.14. The van der Waals surface area contributed by atoms with Crippen LogP contribution in [0.4, 0.5) is 0 Å². The standard InChI is InChI=1S/C17H32N2O/c1-7-14(5)19(8-2)12-16-9-17(20-15(16)6)11-18-10-13(3)4/h9,13-14,18H,7-8,10-12H2,1-6H3. The first-order valence-electron chi connectivity index (χ1n) is 8.00. The highest BCUT2D eigenvalue weighted by molar-refractivity contribution is 5.20. The summed E-state index contributed by atoms with van der Waals surface area (Å²) in [5.74, 6) is 2.79. The van der Waals surface area contributed by atoms with E-state index in [0.717, 1.165) is 37.7 Å². The Morgan fingerprint density at radius 2 is 1.95 bits per heavy atom. The molecular formula is C17H32N2O. The Balaban J connectivity index is 2.60. The van der Waals surface area contributed by atoms with Crippen molar-refractivity contribution < 1.29 is 4.42 Å². The SMILES string of the molecule is CCC(C)N(CC)Cc1cc(CNCC(C)C)oc1C. The van der Waals surface area contributed by atoms with Crippen molar-refractivity contribution in [2.24, 2.45) is 5.92 Å². The van der Waals surface area contributed by atoms with Gasteiger partial charge in [-0.2, -0.15) is 0 Å². The Hall–Kier alpha value is -0.800. The lowest BCUT2D eigenvalue weighted by atomic mass is 10.1. The minimum atomic E-state index is 0.622. The van der Waals surface area contributed by atoms with E-state index in [1.165, 1.54) is 12.0 Å². The molecule has 0 amide bonds.